The Morgan fingerprint density at radius 1 is 1.15 bits per heavy atom. The maximum atomic E-state index is 14.4. The zero-order valence-corrected chi connectivity index (χ0v) is 16.5. The Morgan fingerprint density at radius 2 is 1.89 bits per heavy atom. The number of hydrogen-bond donors (Lipinski definition) is 0. The summed E-state index contributed by atoms with van der Waals surface area (Å²) in [6.07, 6.45) is 2.17. The Bertz CT molecular complexity index is 1020. The molecule has 3 aromatic rings. The van der Waals surface area contributed by atoms with Crippen LogP contribution in [0.25, 0.3) is 10.9 Å². The van der Waals surface area contributed by atoms with Gasteiger partial charge in [-0.05, 0) is 43.2 Å². The lowest BCUT2D eigenvalue weighted by Crippen LogP contribution is -2.30. The smallest absolute Gasteiger partial charge is 0.261 e. The second-order valence-corrected chi connectivity index (χ2v) is 7.62. The standard InChI is InChI=1S/C21H19BrFN3O/c1-25(19-9-8-15(22)13-17(19)23)21(27)16-12-14-6-2-3-7-18(14)24-20(16)26-10-4-5-11-26/h2-3,6-9,12-13H,4-5,10-11H2,1H3. The molecular formula is C21H19BrFN3O. The second-order valence-electron chi connectivity index (χ2n) is 6.71. The maximum Gasteiger partial charge on any atom is 0.261 e. The molecule has 1 aromatic heterocycles. The summed E-state index contributed by atoms with van der Waals surface area (Å²) in [5.41, 5.74) is 1.59. The first kappa shape index (κ1) is 17.9. The molecule has 0 radical (unpaired) electrons. The van der Waals surface area contributed by atoms with E-state index in [4.69, 9.17) is 4.98 Å². The van der Waals surface area contributed by atoms with Gasteiger partial charge in [0, 0.05) is 30.0 Å². The molecule has 4 nitrogen and oxygen atoms in total. The van der Waals surface area contributed by atoms with Gasteiger partial charge in [-0.15, -0.1) is 0 Å². The first-order valence-electron chi connectivity index (χ1n) is 8.92. The number of amides is 1. The molecule has 0 unspecified atom stereocenters. The van der Waals surface area contributed by atoms with E-state index < -0.39 is 5.82 Å². The molecule has 1 fully saturated rings. The molecule has 4 rings (SSSR count). The van der Waals surface area contributed by atoms with Crippen LogP contribution in [0, 0.1) is 5.82 Å². The molecule has 2 heterocycles. The molecule has 1 aliphatic rings. The van der Waals surface area contributed by atoms with Crippen LogP contribution >= 0.6 is 15.9 Å². The lowest BCUT2D eigenvalue weighted by molar-refractivity contribution is 0.0992. The Labute approximate surface area is 165 Å². The van der Waals surface area contributed by atoms with Crippen molar-refractivity contribution in [1.82, 2.24) is 4.98 Å². The van der Waals surface area contributed by atoms with Crippen LogP contribution in [0.4, 0.5) is 15.9 Å². The summed E-state index contributed by atoms with van der Waals surface area (Å²) in [7, 11) is 1.59. The number of aromatic nitrogens is 1. The van der Waals surface area contributed by atoms with Gasteiger partial charge >= 0.3 is 0 Å². The van der Waals surface area contributed by atoms with Gasteiger partial charge < -0.3 is 9.80 Å². The van der Waals surface area contributed by atoms with Crippen molar-refractivity contribution in [2.24, 2.45) is 0 Å². The predicted octanol–water partition coefficient (Wildman–Crippen LogP) is 5.01. The highest BCUT2D eigenvalue weighted by atomic mass is 79.9. The first-order chi connectivity index (χ1) is 13.0. The van der Waals surface area contributed by atoms with Crippen LogP contribution in [0.3, 0.4) is 0 Å². The zero-order chi connectivity index (χ0) is 19.0. The highest BCUT2D eigenvalue weighted by molar-refractivity contribution is 9.10. The van der Waals surface area contributed by atoms with Gasteiger partial charge in [0.05, 0.1) is 16.8 Å². The van der Waals surface area contributed by atoms with Gasteiger partial charge in [-0.2, -0.15) is 0 Å². The monoisotopic (exact) mass is 427 g/mol. The van der Waals surface area contributed by atoms with Gasteiger partial charge in [-0.25, -0.2) is 9.37 Å². The molecule has 6 heteroatoms. The van der Waals surface area contributed by atoms with Crippen molar-refractivity contribution in [2.75, 3.05) is 29.9 Å². The van der Waals surface area contributed by atoms with E-state index in [0.29, 0.717) is 15.9 Å². The molecule has 0 spiro atoms. The highest BCUT2D eigenvalue weighted by Gasteiger charge is 2.25. The van der Waals surface area contributed by atoms with Crippen LogP contribution in [-0.4, -0.2) is 31.0 Å². The number of rotatable bonds is 3. The van der Waals surface area contributed by atoms with Gasteiger partial charge in [-0.3, -0.25) is 4.79 Å². The molecule has 1 amide bonds. The zero-order valence-electron chi connectivity index (χ0n) is 15.0. The molecular weight excluding hydrogens is 409 g/mol. The van der Waals surface area contributed by atoms with Gasteiger partial charge in [0.25, 0.3) is 5.91 Å². The van der Waals surface area contributed by atoms with Crippen molar-refractivity contribution in [3.8, 4) is 0 Å². The van der Waals surface area contributed by atoms with Crippen molar-refractivity contribution in [2.45, 2.75) is 12.8 Å². The number of benzene rings is 2. The summed E-state index contributed by atoms with van der Waals surface area (Å²) in [6, 6.07) is 14.3. The number of nitrogens with zero attached hydrogens (tertiary/aromatic N) is 3. The third kappa shape index (κ3) is 3.41. The average Bonchev–Trinajstić information content (AvgIpc) is 3.20. The van der Waals surface area contributed by atoms with E-state index in [9.17, 15) is 9.18 Å². The topological polar surface area (TPSA) is 36.4 Å². The summed E-state index contributed by atoms with van der Waals surface area (Å²) >= 11 is 3.25. The van der Waals surface area contributed by atoms with Crippen LogP contribution in [0.5, 0.6) is 0 Å². The van der Waals surface area contributed by atoms with E-state index in [2.05, 4.69) is 20.8 Å². The molecule has 138 valence electrons. The number of anilines is 2. The van der Waals surface area contributed by atoms with E-state index in [1.165, 1.54) is 11.0 Å². The number of hydrogen-bond acceptors (Lipinski definition) is 3. The molecule has 1 aliphatic heterocycles. The molecule has 0 saturated carbocycles. The normalized spacial score (nSPS) is 14.0. The minimum absolute atomic E-state index is 0.240. The summed E-state index contributed by atoms with van der Waals surface area (Å²) < 4.78 is 15.0. The fourth-order valence-corrected chi connectivity index (χ4v) is 3.81. The number of pyridine rings is 1. The summed E-state index contributed by atoms with van der Waals surface area (Å²) in [5, 5.41) is 0.897. The van der Waals surface area contributed by atoms with Crippen molar-refractivity contribution in [1.29, 1.82) is 0 Å². The van der Waals surface area contributed by atoms with Gasteiger partial charge in [0.1, 0.15) is 11.6 Å². The Morgan fingerprint density at radius 3 is 2.63 bits per heavy atom. The van der Waals surface area contributed by atoms with Crippen LogP contribution < -0.4 is 9.80 Å². The van der Waals surface area contributed by atoms with E-state index in [1.54, 1.807) is 19.2 Å². The van der Waals surface area contributed by atoms with Gasteiger partial charge in [0.15, 0.2) is 0 Å². The van der Waals surface area contributed by atoms with Crippen molar-refractivity contribution in [3.63, 3.8) is 0 Å². The van der Waals surface area contributed by atoms with Crippen LogP contribution in [0.15, 0.2) is 53.0 Å². The molecule has 0 aliphatic carbocycles. The second kappa shape index (κ2) is 7.27. The number of para-hydroxylation sites is 1. The number of carbonyl (C=O) groups is 1. The Kier molecular flexibility index (Phi) is 4.83. The fourth-order valence-electron chi connectivity index (χ4n) is 3.48. The van der Waals surface area contributed by atoms with Gasteiger partial charge in [-0.1, -0.05) is 34.1 Å². The molecule has 0 N–H and O–H groups in total. The van der Waals surface area contributed by atoms with Crippen LogP contribution in [0.1, 0.15) is 23.2 Å². The number of fused-ring (bicyclic) bond motifs is 1. The van der Waals surface area contributed by atoms with E-state index in [-0.39, 0.29) is 11.6 Å². The van der Waals surface area contributed by atoms with Crippen LogP contribution in [-0.2, 0) is 0 Å². The summed E-state index contributed by atoms with van der Waals surface area (Å²) in [5.74, 6) is -0.0337. The quantitative estimate of drug-likeness (QED) is 0.588. The van der Waals surface area contributed by atoms with E-state index >= 15 is 0 Å². The minimum Gasteiger partial charge on any atom is -0.356 e. The van der Waals surface area contributed by atoms with Crippen LogP contribution in [0.2, 0.25) is 0 Å². The maximum absolute atomic E-state index is 14.4. The number of carbonyl (C=O) groups excluding carboxylic acids is 1. The molecule has 0 bridgehead atoms. The van der Waals surface area contributed by atoms with Crippen molar-refractivity contribution in [3.05, 3.63) is 64.4 Å². The largest absolute Gasteiger partial charge is 0.356 e. The molecule has 2 aromatic carbocycles. The van der Waals surface area contributed by atoms with E-state index in [1.807, 2.05) is 30.3 Å². The van der Waals surface area contributed by atoms with E-state index in [0.717, 1.165) is 36.8 Å². The average molecular weight is 428 g/mol. The summed E-state index contributed by atoms with van der Waals surface area (Å²) in [4.78, 5) is 21.6. The van der Waals surface area contributed by atoms with Crippen molar-refractivity contribution >= 4 is 44.2 Å². The first-order valence-corrected chi connectivity index (χ1v) is 9.72. The molecule has 0 atom stereocenters. The SMILES string of the molecule is CN(C(=O)c1cc2ccccc2nc1N1CCCC1)c1ccc(Br)cc1F. The third-order valence-electron chi connectivity index (χ3n) is 4.92. The third-order valence-corrected chi connectivity index (χ3v) is 5.41. The fraction of sp³-hybridized carbons (Fsp3) is 0.238. The summed E-state index contributed by atoms with van der Waals surface area (Å²) in [6.45, 7) is 1.75. The lowest BCUT2D eigenvalue weighted by atomic mass is 10.1. The van der Waals surface area contributed by atoms with Crippen molar-refractivity contribution < 1.29 is 9.18 Å². The highest BCUT2D eigenvalue weighted by Crippen LogP contribution is 2.30. The molecule has 27 heavy (non-hydrogen) atoms. The lowest BCUT2D eigenvalue weighted by Gasteiger charge is -2.24. The predicted molar refractivity (Wildman–Crippen MR) is 110 cm³/mol. The number of halogens is 2. The Hall–Kier alpha value is -2.47. The minimum atomic E-state index is -0.448. The van der Waals surface area contributed by atoms with Gasteiger partial charge in [0.2, 0.25) is 0 Å². The Balaban J connectivity index is 1.80. The molecule has 1 saturated heterocycles.